The molecule has 1 amide bonds. The molecule has 0 spiro atoms. The van der Waals surface area contributed by atoms with Crippen molar-refractivity contribution in [3.63, 3.8) is 0 Å². The zero-order valence-corrected chi connectivity index (χ0v) is 20.4. The molecule has 1 atom stereocenters. The Hall–Kier alpha value is -4.12. The van der Waals surface area contributed by atoms with Crippen molar-refractivity contribution in [1.82, 2.24) is 10.3 Å². The lowest BCUT2D eigenvalue weighted by molar-refractivity contribution is -0.141. The van der Waals surface area contributed by atoms with E-state index in [1.165, 1.54) is 23.0 Å². The fraction of sp³-hybridized carbons (Fsp3) is 0.0800. The van der Waals surface area contributed by atoms with Gasteiger partial charge in [-0.2, -0.15) is 0 Å². The summed E-state index contributed by atoms with van der Waals surface area (Å²) < 4.78 is 0. The number of carboxylic acid groups (broad SMARTS) is 1. The summed E-state index contributed by atoms with van der Waals surface area (Å²) in [6.07, 6.45) is 0. The maximum Gasteiger partial charge on any atom is 0.336 e. The molecule has 184 valence electrons. The number of hydrogen-bond acceptors (Lipinski definition) is 7. The molecule has 36 heavy (non-hydrogen) atoms. The Balaban J connectivity index is 0.00000361. The van der Waals surface area contributed by atoms with Crippen molar-refractivity contribution < 1.29 is 19.5 Å². The lowest BCUT2D eigenvalue weighted by Crippen LogP contribution is -2.52. The standard InChI is InChI=1S/C25H21N5O4S.ClH/c26-22(27)15-6-4-14(5-7-15)11-29-23(32)19-3-1-2-16-10-17(8-9-18(16)19)25(28,24(33)34)21(31)20-12-35-13-30-20;/h1-10,12-13H,11,28H2,(H3,26,27)(H,29,32)(H,33,34);1H. The van der Waals surface area contributed by atoms with E-state index < -0.39 is 17.3 Å². The largest absolute Gasteiger partial charge is 0.479 e. The molecule has 1 unspecified atom stereocenters. The van der Waals surface area contributed by atoms with Gasteiger partial charge in [0.05, 0.1) is 5.51 Å². The first kappa shape index (κ1) is 26.5. The molecular weight excluding hydrogens is 502 g/mol. The van der Waals surface area contributed by atoms with Crippen molar-refractivity contribution >= 4 is 58.0 Å². The number of aromatic nitrogens is 1. The number of thiazole rings is 1. The molecule has 3 aromatic carbocycles. The third kappa shape index (κ3) is 4.96. The lowest BCUT2D eigenvalue weighted by atomic mass is 9.84. The van der Waals surface area contributed by atoms with Crippen LogP contribution in [0.15, 0.2) is 71.6 Å². The molecule has 11 heteroatoms. The average molecular weight is 524 g/mol. The second-order valence-electron chi connectivity index (χ2n) is 7.85. The molecule has 0 saturated carbocycles. The quantitative estimate of drug-likeness (QED) is 0.102. The zero-order valence-electron chi connectivity index (χ0n) is 18.7. The summed E-state index contributed by atoms with van der Waals surface area (Å²) in [7, 11) is 0. The number of nitrogen functional groups attached to an aromatic ring is 1. The maximum atomic E-state index is 12.9. The molecule has 0 aliphatic heterocycles. The Morgan fingerprint density at radius 2 is 1.81 bits per heavy atom. The van der Waals surface area contributed by atoms with Crippen LogP contribution in [0.5, 0.6) is 0 Å². The van der Waals surface area contributed by atoms with E-state index in [1.54, 1.807) is 48.5 Å². The molecule has 4 aromatic rings. The monoisotopic (exact) mass is 523 g/mol. The van der Waals surface area contributed by atoms with E-state index in [0.29, 0.717) is 21.9 Å². The van der Waals surface area contributed by atoms with Gasteiger partial charge in [0.15, 0.2) is 0 Å². The number of ketones is 1. The molecule has 7 N–H and O–H groups in total. The predicted octanol–water partition coefficient (Wildman–Crippen LogP) is 3.05. The minimum absolute atomic E-state index is 0. The number of amides is 1. The van der Waals surface area contributed by atoms with E-state index in [1.807, 2.05) is 0 Å². The third-order valence-corrected chi connectivity index (χ3v) is 6.25. The molecule has 9 nitrogen and oxygen atoms in total. The number of nitrogens with zero attached hydrogens (tertiary/aromatic N) is 1. The summed E-state index contributed by atoms with van der Waals surface area (Å²) in [5.74, 6) is -2.68. The lowest BCUT2D eigenvalue weighted by Gasteiger charge is -2.23. The van der Waals surface area contributed by atoms with Crippen molar-refractivity contribution in [2.75, 3.05) is 0 Å². The number of aliphatic carboxylic acids is 1. The van der Waals surface area contributed by atoms with Crippen LogP contribution in [-0.2, 0) is 16.9 Å². The first-order valence-corrected chi connectivity index (χ1v) is 11.4. The highest BCUT2D eigenvalue weighted by Gasteiger charge is 2.45. The Kier molecular flexibility index (Phi) is 7.83. The molecule has 0 fully saturated rings. The van der Waals surface area contributed by atoms with E-state index in [4.69, 9.17) is 16.9 Å². The van der Waals surface area contributed by atoms with Crippen LogP contribution in [0, 0.1) is 5.41 Å². The Labute approximate surface area is 216 Å². The van der Waals surface area contributed by atoms with Gasteiger partial charge in [-0.25, -0.2) is 9.78 Å². The summed E-state index contributed by atoms with van der Waals surface area (Å²) in [5.41, 5.74) is 12.6. The summed E-state index contributed by atoms with van der Waals surface area (Å²) in [6.45, 7) is 0.262. The van der Waals surface area contributed by atoms with Crippen LogP contribution in [-0.4, -0.2) is 33.6 Å². The zero-order chi connectivity index (χ0) is 25.2. The predicted molar refractivity (Wildman–Crippen MR) is 140 cm³/mol. The summed E-state index contributed by atoms with van der Waals surface area (Å²) in [4.78, 5) is 41.8. The maximum absolute atomic E-state index is 12.9. The van der Waals surface area contributed by atoms with Gasteiger partial charge in [0.1, 0.15) is 11.5 Å². The van der Waals surface area contributed by atoms with Gasteiger partial charge < -0.3 is 21.9 Å². The van der Waals surface area contributed by atoms with Crippen LogP contribution < -0.4 is 16.8 Å². The average Bonchev–Trinajstić information content (AvgIpc) is 3.40. The van der Waals surface area contributed by atoms with Crippen molar-refractivity contribution in [3.8, 4) is 0 Å². The highest BCUT2D eigenvalue weighted by molar-refractivity contribution is 7.07. The van der Waals surface area contributed by atoms with Gasteiger partial charge in [-0.3, -0.25) is 15.0 Å². The third-order valence-electron chi connectivity index (χ3n) is 5.66. The number of rotatable bonds is 8. The topological polar surface area (TPSA) is 172 Å². The van der Waals surface area contributed by atoms with Gasteiger partial charge in [0, 0.05) is 23.1 Å². The molecule has 1 aromatic heterocycles. The number of carbonyl (C=O) groups excluding carboxylic acids is 2. The van der Waals surface area contributed by atoms with E-state index in [0.717, 1.165) is 16.9 Å². The SMILES string of the molecule is Cl.N=C(N)c1ccc(CNC(=O)c2cccc3cc(C(N)(C(=O)O)C(=O)c4cscn4)ccc23)cc1. The summed E-state index contributed by atoms with van der Waals surface area (Å²) >= 11 is 1.16. The molecule has 1 heterocycles. The smallest absolute Gasteiger partial charge is 0.336 e. The van der Waals surface area contributed by atoms with Crippen LogP contribution >= 0.6 is 23.7 Å². The van der Waals surface area contributed by atoms with Gasteiger partial charge >= 0.3 is 5.97 Å². The first-order valence-electron chi connectivity index (χ1n) is 10.4. The highest BCUT2D eigenvalue weighted by atomic mass is 35.5. The molecule has 0 radical (unpaired) electrons. The van der Waals surface area contributed by atoms with Crippen LogP contribution in [0.2, 0.25) is 0 Å². The van der Waals surface area contributed by atoms with Crippen molar-refractivity contribution in [3.05, 3.63) is 99.5 Å². The minimum Gasteiger partial charge on any atom is -0.479 e. The Morgan fingerprint density at radius 3 is 2.42 bits per heavy atom. The van der Waals surface area contributed by atoms with E-state index >= 15 is 0 Å². The molecule has 0 saturated heterocycles. The molecule has 0 aliphatic rings. The molecule has 4 rings (SSSR count). The number of hydrogen-bond donors (Lipinski definition) is 5. The summed E-state index contributed by atoms with van der Waals surface area (Å²) in [5, 5.41) is 22.7. The first-order chi connectivity index (χ1) is 16.7. The van der Waals surface area contributed by atoms with Gasteiger partial charge in [-0.05, 0) is 34.0 Å². The normalized spacial score (nSPS) is 12.2. The Bertz CT molecular complexity index is 1460. The molecule has 0 aliphatic carbocycles. The number of benzene rings is 3. The fourth-order valence-electron chi connectivity index (χ4n) is 3.69. The fourth-order valence-corrected chi connectivity index (χ4v) is 4.22. The number of halogens is 1. The molecule has 0 bridgehead atoms. The van der Waals surface area contributed by atoms with Gasteiger partial charge in [0.25, 0.3) is 5.91 Å². The number of carboxylic acids is 1. The number of nitrogens with one attached hydrogen (secondary N) is 2. The van der Waals surface area contributed by atoms with Crippen molar-refractivity contribution in [1.29, 1.82) is 5.41 Å². The van der Waals surface area contributed by atoms with Crippen molar-refractivity contribution in [2.24, 2.45) is 11.5 Å². The second kappa shape index (κ2) is 10.6. The van der Waals surface area contributed by atoms with E-state index in [9.17, 15) is 19.5 Å². The minimum atomic E-state index is -2.33. The van der Waals surface area contributed by atoms with E-state index in [-0.39, 0.29) is 42.0 Å². The number of nitrogens with two attached hydrogens (primary N) is 2. The number of amidine groups is 1. The number of fused-ring (bicyclic) bond motifs is 1. The second-order valence-corrected chi connectivity index (χ2v) is 8.57. The Morgan fingerprint density at radius 1 is 1.08 bits per heavy atom. The number of carbonyl (C=O) groups is 3. The van der Waals surface area contributed by atoms with Gasteiger partial charge in [-0.15, -0.1) is 23.7 Å². The highest BCUT2D eigenvalue weighted by Crippen LogP contribution is 2.29. The number of Topliss-reactive ketones (excluding diaryl/α,β-unsaturated/α-hetero) is 1. The molecular formula is C25H22ClN5O4S. The van der Waals surface area contributed by atoms with Gasteiger partial charge in [0.2, 0.25) is 11.3 Å². The summed E-state index contributed by atoms with van der Waals surface area (Å²) in [6, 6.07) is 16.5. The van der Waals surface area contributed by atoms with Crippen LogP contribution in [0.25, 0.3) is 10.8 Å². The van der Waals surface area contributed by atoms with Crippen LogP contribution in [0.4, 0.5) is 0 Å². The van der Waals surface area contributed by atoms with Crippen molar-refractivity contribution in [2.45, 2.75) is 12.1 Å². The van der Waals surface area contributed by atoms with Gasteiger partial charge in [-0.1, -0.05) is 48.5 Å². The van der Waals surface area contributed by atoms with Crippen LogP contribution in [0.3, 0.4) is 0 Å². The van der Waals surface area contributed by atoms with E-state index in [2.05, 4.69) is 10.3 Å². The van der Waals surface area contributed by atoms with Crippen LogP contribution in [0.1, 0.15) is 37.5 Å².